The number of hydrogen-bond donors (Lipinski definition) is 2. The van der Waals surface area contributed by atoms with Gasteiger partial charge < -0.3 is 19.5 Å². The molecule has 2 N–H and O–H groups in total. The fourth-order valence-electron chi connectivity index (χ4n) is 3.64. The maximum Gasteiger partial charge on any atom is 0.245 e. The minimum Gasteiger partial charge on any atom is -0.495 e. The summed E-state index contributed by atoms with van der Waals surface area (Å²) in [5, 5.41) is 3.07. The monoisotopic (exact) mass is 532 g/mol. The van der Waals surface area contributed by atoms with Crippen LogP contribution >= 0.6 is 11.6 Å². The molecule has 1 atom stereocenters. The van der Waals surface area contributed by atoms with E-state index in [1.165, 1.54) is 25.3 Å². The van der Waals surface area contributed by atoms with E-state index in [0.717, 1.165) is 11.1 Å². The molecule has 0 heterocycles. The predicted octanol–water partition coefficient (Wildman–Crippen LogP) is 3.61. The molecule has 8 nitrogen and oxygen atoms in total. The van der Waals surface area contributed by atoms with Crippen molar-refractivity contribution in [1.82, 2.24) is 10.0 Å². The minimum atomic E-state index is -4.13. The van der Waals surface area contributed by atoms with Crippen LogP contribution in [0.15, 0.2) is 71.6 Å². The zero-order chi connectivity index (χ0) is 26.1. The van der Waals surface area contributed by atoms with Gasteiger partial charge in [-0.3, -0.25) is 4.79 Å². The number of carbonyl (C=O) groups is 1. The summed E-state index contributed by atoms with van der Waals surface area (Å²) in [5.74, 6) is 0.869. The minimum absolute atomic E-state index is 0.124. The molecule has 0 spiro atoms. The van der Waals surface area contributed by atoms with E-state index < -0.39 is 22.0 Å². The molecule has 3 aromatic carbocycles. The normalized spacial score (nSPS) is 12.0. The van der Waals surface area contributed by atoms with Crippen molar-refractivity contribution in [2.75, 3.05) is 27.9 Å². The highest BCUT2D eigenvalue weighted by atomic mass is 35.5. The zero-order valence-corrected chi connectivity index (χ0v) is 21.9. The first kappa shape index (κ1) is 27.3. The first-order valence-electron chi connectivity index (χ1n) is 11.2. The van der Waals surface area contributed by atoms with Gasteiger partial charge in [-0.25, -0.2) is 8.42 Å². The van der Waals surface area contributed by atoms with Crippen molar-refractivity contribution < 1.29 is 27.4 Å². The van der Waals surface area contributed by atoms with Crippen LogP contribution < -0.4 is 24.2 Å². The first-order valence-corrected chi connectivity index (χ1v) is 13.0. The molecule has 1 amide bonds. The van der Waals surface area contributed by atoms with Gasteiger partial charge in [0.1, 0.15) is 16.7 Å². The summed E-state index contributed by atoms with van der Waals surface area (Å²) in [4.78, 5) is 13.0. The topological polar surface area (TPSA) is 103 Å². The highest BCUT2D eigenvalue weighted by Gasteiger charge is 2.28. The van der Waals surface area contributed by atoms with Crippen LogP contribution in [0, 0.1) is 0 Å². The maximum atomic E-state index is 13.2. The summed E-state index contributed by atoms with van der Waals surface area (Å²) in [7, 11) is 0.346. The number of halogens is 1. The first-order chi connectivity index (χ1) is 17.3. The Morgan fingerprint density at radius 1 is 0.861 bits per heavy atom. The Balaban J connectivity index is 1.77. The fourth-order valence-corrected chi connectivity index (χ4v) is 5.27. The van der Waals surface area contributed by atoms with Crippen LogP contribution in [0.5, 0.6) is 17.2 Å². The Labute approximate surface area is 216 Å². The van der Waals surface area contributed by atoms with E-state index in [0.29, 0.717) is 24.5 Å². The lowest BCUT2D eigenvalue weighted by atomic mass is 10.1. The van der Waals surface area contributed by atoms with Crippen LogP contribution in [0.2, 0.25) is 5.02 Å². The van der Waals surface area contributed by atoms with Crippen molar-refractivity contribution in [2.45, 2.75) is 23.8 Å². The van der Waals surface area contributed by atoms with E-state index in [1.54, 1.807) is 20.3 Å². The maximum absolute atomic E-state index is 13.2. The summed E-state index contributed by atoms with van der Waals surface area (Å²) in [6.07, 6.45) is 0.671. The molecule has 0 saturated heterocycles. The van der Waals surface area contributed by atoms with E-state index in [4.69, 9.17) is 25.8 Å². The van der Waals surface area contributed by atoms with Crippen molar-refractivity contribution >= 4 is 27.5 Å². The second-order valence-electron chi connectivity index (χ2n) is 7.89. The van der Waals surface area contributed by atoms with Gasteiger partial charge in [-0.2, -0.15) is 4.72 Å². The fraction of sp³-hybridized carbons (Fsp3) is 0.269. The Morgan fingerprint density at radius 3 is 2.19 bits per heavy atom. The van der Waals surface area contributed by atoms with Gasteiger partial charge in [-0.05, 0) is 54.3 Å². The third-order valence-corrected chi connectivity index (χ3v) is 7.20. The largest absolute Gasteiger partial charge is 0.495 e. The molecule has 3 aromatic rings. The van der Waals surface area contributed by atoms with Gasteiger partial charge in [0, 0.05) is 11.6 Å². The van der Waals surface area contributed by atoms with Crippen LogP contribution in [0.4, 0.5) is 0 Å². The number of ether oxygens (including phenoxy) is 3. The van der Waals surface area contributed by atoms with Crippen molar-refractivity contribution in [2.24, 2.45) is 0 Å². The van der Waals surface area contributed by atoms with Crippen LogP contribution in [-0.2, 0) is 27.7 Å². The van der Waals surface area contributed by atoms with E-state index in [-0.39, 0.29) is 22.1 Å². The average Bonchev–Trinajstić information content (AvgIpc) is 2.88. The van der Waals surface area contributed by atoms with Crippen molar-refractivity contribution in [3.8, 4) is 17.2 Å². The number of hydrogen-bond acceptors (Lipinski definition) is 6. The molecular formula is C26H29ClN2O6S. The number of nitrogens with one attached hydrogen (secondary N) is 2. The summed E-state index contributed by atoms with van der Waals surface area (Å²) < 4.78 is 44.8. The third-order valence-electron chi connectivity index (χ3n) is 5.47. The number of methoxy groups -OCH3 is 3. The van der Waals surface area contributed by atoms with Crippen LogP contribution in [0.1, 0.15) is 11.1 Å². The van der Waals surface area contributed by atoms with Gasteiger partial charge in [-0.15, -0.1) is 0 Å². The van der Waals surface area contributed by atoms with Crippen LogP contribution in [0.25, 0.3) is 0 Å². The van der Waals surface area contributed by atoms with E-state index in [9.17, 15) is 13.2 Å². The molecule has 0 radical (unpaired) electrons. The lowest BCUT2D eigenvalue weighted by Gasteiger charge is -2.20. The lowest BCUT2D eigenvalue weighted by molar-refractivity contribution is -0.122. The van der Waals surface area contributed by atoms with E-state index in [1.807, 2.05) is 42.5 Å². The van der Waals surface area contributed by atoms with Gasteiger partial charge in [-0.1, -0.05) is 48.0 Å². The van der Waals surface area contributed by atoms with Crippen molar-refractivity contribution in [3.63, 3.8) is 0 Å². The van der Waals surface area contributed by atoms with E-state index >= 15 is 0 Å². The Hall–Kier alpha value is -3.27. The second kappa shape index (κ2) is 12.6. The highest BCUT2D eigenvalue weighted by molar-refractivity contribution is 7.89. The molecule has 0 bridgehead atoms. The van der Waals surface area contributed by atoms with Gasteiger partial charge in [0.05, 0.1) is 21.3 Å². The number of amides is 1. The van der Waals surface area contributed by atoms with Gasteiger partial charge >= 0.3 is 0 Å². The molecule has 0 saturated carbocycles. The number of rotatable bonds is 12. The van der Waals surface area contributed by atoms with Crippen molar-refractivity contribution in [1.29, 1.82) is 0 Å². The Bertz CT molecular complexity index is 1280. The molecule has 0 aliphatic rings. The summed E-state index contributed by atoms with van der Waals surface area (Å²) in [6, 6.07) is 17.9. The number of sulfonamides is 1. The smallest absolute Gasteiger partial charge is 0.245 e. The summed E-state index contributed by atoms with van der Waals surface area (Å²) in [5.41, 5.74) is 1.73. The SMILES string of the molecule is COc1ccc(CCNC(=O)C(Cc2ccccc2)NS(=O)(=O)c2cc(Cl)ccc2OC)cc1OC. The molecule has 1 unspecified atom stereocenters. The molecular weight excluding hydrogens is 504 g/mol. The molecule has 192 valence electrons. The van der Waals surface area contributed by atoms with Crippen LogP contribution in [-0.4, -0.2) is 48.2 Å². The Morgan fingerprint density at radius 2 is 1.53 bits per heavy atom. The molecule has 0 aliphatic heterocycles. The van der Waals surface area contributed by atoms with Gasteiger partial charge in [0.15, 0.2) is 11.5 Å². The van der Waals surface area contributed by atoms with E-state index in [2.05, 4.69) is 10.0 Å². The molecule has 10 heteroatoms. The third kappa shape index (κ3) is 7.13. The lowest BCUT2D eigenvalue weighted by Crippen LogP contribution is -2.48. The second-order valence-corrected chi connectivity index (χ2v) is 10.0. The van der Waals surface area contributed by atoms with Gasteiger partial charge in [0.2, 0.25) is 15.9 Å². The molecule has 0 aliphatic carbocycles. The quantitative estimate of drug-likeness (QED) is 0.369. The summed E-state index contributed by atoms with van der Waals surface area (Å²) in [6.45, 7) is 0.293. The van der Waals surface area contributed by atoms with Gasteiger partial charge in [0.25, 0.3) is 0 Å². The number of benzene rings is 3. The average molecular weight is 533 g/mol. The van der Waals surface area contributed by atoms with Crippen molar-refractivity contribution in [3.05, 3.63) is 82.9 Å². The standard InChI is InChI=1S/C26H29ClN2O6S/c1-33-22-11-9-19(16-24(22)35-3)13-14-28-26(30)21(15-18-7-5-4-6-8-18)29-36(31,32)25-17-20(27)10-12-23(25)34-2/h4-12,16-17,21,29H,13-15H2,1-3H3,(H,28,30). The molecule has 3 rings (SSSR count). The van der Waals surface area contributed by atoms with Crippen LogP contribution in [0.3, 0.4) is 0 Å². The molecule has 36 heavy (non-hydrogen) atoms. The number of carbonyl (C=O) groups excluding carboxylic acids is 1. The molecule has 0 aromatic heterocycles. The summed E-state index contributed by atoms with van der Waals surface area (Å²) >= 11 is 6.03. The predicted molar refractivity (Wildman–Crippen MR) is 139 cm³/mol. The Kier molecular flexibility index (Phi) is 9.58. The molecule has 0 fully saturated rings. The highest BCUT2D eigenvalue weighted by Crippen LogP contribution is 2.28. The zero-order valence-electron chi connectivity index (χ0n) is 20.3.